The average molecular weight is 220 g/mol. The summed E-state index contributed by atoms with van der Waals surface area (Å²) in [5.74, 6) is 0.565. The van der Waals surface area contributed by atoms with Crippen molar-refractivity contribution >= 4 is 5.78 Å². The third-order valence-electron chi connectivity index (χ3n) is 3.35. The van der Waals surface area contributed by atoms with Gasteiger partial charge in [0.25, 0.3) is 0 Å². The van der Waals surface area contributed by atoms with Crippen LogP contribution in [0.4, 0.5) is 0 Å². The van der Waals surface area contributed by atoms with Crippen molar-refractivity contribution in [2.24, 2.45) is 5.92 Å². The van der Waals surface area contributed by atoms with E-state index in [0.717, 1.165) is 31.4 Å². The van der Waals surface area contributed by atoms with Crippen molar-refractivity contribution in [3.8, 4) is 0 Å². The number of aromatic nitrogens is 2. The predicted octanol–water partition coefficient (Wildman–Crippen LogP) is 3.06. The van der Waals surface area contributed by atoms with E-state index in [9.17, 15) is 4.79 Å². The molecule has 0 saturated heterocycles. The Hall–Kier alpha value is -1.12. The van der Waals surface area contributed by atoms with Gasteiger partial charge in [-0.25, -0.2) is 0 Å². The van der Waals surface area contributed by atoms with Crippen LogP contribution in [0.15, 0.2) is 12.4 Å². The minimum absolute atomic E-state index is 0.257. The zero-order chi connectivity index (χ0) is 11.4. The highest BCUT2D eigenvalue weighted by molar-refractivity contribution is 5.97. The molecular formula is C13H20N2O. The average Bonchev–Trinajstić information content (AvgIpc) is 2.78. The molecule has 0 amide bonds. The molecule has 1 aromatic heterocycles. The second kappa shape index (κ2) is 5.28. The van der Waals surface area contributed by atoms with Crippen LogP contribution in [0, 0.1) is 5.92 Å². The smallest absolute Gasteiger partial charge is 0.169 e. The van der Waals surface area contributed by atoms with Crippen molar-refractivity contribution in [3.63, 3.8) is 0 Å². The van der Waals surface area contributed by atoms with Crippen LogP contribution in [-0.2, 0) is 6.54 Å². The molecule has 1 fully saturated rings. The fourth-order valence-electron chi connectivity index (χ4n) is 2.44. The molecular weight excluding hydrogens is 200 g/mol. The van der Waals surface area contributed by atoms with Crippen molar-refractivity contribution < 1.29 is 4.79 Å². The molecule has 1 heterocycles. The normalized spacial score (nSPS) is 17.6. The van der Waals surface area contributed by atoms with E-state index >= 15 is 0 Å². The van der Waals surface area contributed by atoms with E-state index in [1.807, 2.05) is 10.9 Å². The predicted molar refractivity (Wildman–Crippen MR) is 63.4 cm³/mol. The quantitative estimate of drug-likeness (QED) is 0.731. The summed E-state index contributed by atoms with van der Waals surface area (Å²) in [6.07, 6.45) is 10.5. The molecule has 1 aromatic rings. The topological polar surface area (TPSA) is 34.9 Å². The molecule has 88 valence electrons. The summed E-state index contributed by atoms with van der Waals surface area (Å²) >= 11 is 0. The lowest BCUT2D eigenvalue weighted by Gasteiger charge is -2.19. The van der Waals surface area contributed by atoms with Gasteiger partial charge in [0.1, 0.15) is 0 Å². The SMILES string of the molecule is CCCn1cc(C(=O)C2CCCCC2)cn1. The van der Waals surface area contributed by atoms with Gasteiger partial charge in [-0.2, -0.15) is 5.10 Å². The Labute approximate surface area is 96.8 Å². The number of hydrogen-bond donors (Lipinski definition) is 0. The Balaban J connectivity index is 2.01. The molecule has 0 aromatic carbocycles. The Bertz CT molecular complexity index is 351. The van der Waals surface area contributed by atoms with Gasteiger partial charge in [-0.05, 0) is 19.3 Å². The number of Topliss-reactive ketones (excluding diaryl/α,β-unsaturated/α-hetero) is 1. The van der Waals surface area contributed by atoms with E-state index in [-0.39, 0.29) is 5.92 Å². The molecule has 2 rings (SSSR count). The first-order chi connectivity index (χ1) is 7.81. The summed E-state index contributed by atoms with van der Waals surface area (Å²) in [7, 11) is 0. The molecule has 0 aliphatic heterocycles. The van der Waals surface area contributed by atoms with Gasteiger partial charge in [0.05, 0.1) is 11.8 Å². The van der Waals surface area contributed by atoms with Crippen molar-refractivity contribution in [3.05, 3.63) is 18.0 Å². The molecule has 1 aliphatic carbocycles. The van der Waals surface area contributed by atoms with Gasteiger partial charge >= 0.3 is 0 Å². The van der Waals surface area contributed by atoms with Crippen LogP contribution in [0.2, 0.25) is 0 Å². The zero-order valence-corrected chi connectivity index (χ0v) is 9.98. The van der Waals surface area contributed by atoms with E-state index in [1.54, 1.807) is 6.20 Å². The van der Waals surface area contributed by atoms with Crippen LogP contribution in [0.3, 0.4) is 0 Å². The summed E-state index contributed by atoms with van der Waals surface area (Å²) in [5, 5.41) is 4.22. The molecule has 16 heavy (non-hydrogen) atoms. The van der Waals surface area contributed by atoms with Crippen LogP contribution in [0.25, 0.3) is 0 Å². The largest absolute Gasteiger partial charge is 0.294 e. The van der Waals surface area contributed by atoms with Crippen LogP contribution in [0.1, 0.15) is 55.8 Å². The van der Waals surface area contributed by atoms with E-state index in [4.69, 9.17) is 0 Å². The summed E-state index contributed by atoms with van der Waals surface area (Å²) in [4.78, 5) is 12.2. The summed E-state index contributed by atoms with van der Waals surface area (Å²) in [6, 6.07) is 0. The molecule has 0 N–H and O–H groups in total. The first-order valence-electron chi connectivity index (χ1n) is 6.38. The number of aryl methyl sites for hydroxylation is 1. The number of rotatable bonds is 4. The summed E-state index contributed by atoms with van der Waals surface area (Å²) < 4.78 is 1.87. The minimum Gasteiger partial charge on any atom is -0.294 e. The highest BCUT2D eigenvalue weighted by Gasteiger charge is 2.23. The third-order valence-corrected chi connectivity index (χ3v) is 3.35. The fraction of sp³-hybridized carbons (Fsp3) is 0.692. The first-order valence-corrected chi connectivity index (χ1v) is 6.38. The molecule has 0 unspecified atom stereocenters. The Morgan fingerprint density at radius 1 is 1.44 bits per heavy atom. The van der Waals surface area contributed by atoms with Crippen molar-refractivity contribution in [2.75, 3.05) is 0 Å². The van der Waals surface area contributed by atoms with Crippen LogP contribution in [-0.4, -0.2) is 15.6 Å². The summed E-state index contributed by atoms with van der Waals surface area (Å²) in [5.41, 5.74) is 0.806. The van der Waals surface area contributed by atoms with Gasteiger partial charge in [-0.1, -0.05) is 26.2 Å². The molecule has 0 spiro atoms. The zero-order valence-electron chi connectivity index (χ0n) is 9.98. The molecule has 1 saturated carbocycles. The highest BCUT2D eigenvalue weighted by Crippen LogP contribution is 2.26. The second-order valence-corrected chi connectivity index (χ2v) is 4.69. The molecule has 0 atom stereocenters. The maximum atomic E-state index is 12.2. The van der Waals surface area contributed by atoms with Gasteiger partial charge in [-0.15, -0.1) is 0 Å². The van der Waals surface area contributed by atoms with Gasteiger partial charge in [-0.3, -0.25) is 9.48 Å². The highest BCUT2D eigenvalue weighted by atomic mass is 16.1. The first kappa shape index (κ1) is 11.4. The minimum atomic E-state index is 0.257. The number of carbonyl (C=O) groups is 1. The van der Waals surface area contributed by atoms with Gasteiger partial charge in [0, 0.05) is 18.7 Å². The molecule has 3 nitrogen and oxygen atoms in total. The van der Waals surface area contributed by atoms with Gasteiger partial charge < -0.3 is 0 Å². The molecule has 3 heteroatoms. The number of ketones is 1. The van der Waals surface area contributed by atoms with E-state index in [0.29, 0.717) is 5.78 Å². The van der Waals surface area contributed by atoms with Gasteiger partial charge in [0.15, 0.2) is 5.78 Å². The molecule has 1 aliphatic rings. The Morgan fingerprint density at radius 3 is 2.88 bits per heavy atom. The van der Waals surface area contributed by atoms with Crippen molar-refractivity contribution in [1.29, 1.82) is 0 Å². The number of hydrogen-bond acceptors (Lipinski definition) is 2. The van der Waals surface area contributed by atoms with E-state index in [2.05, 4.69) is 12.0 Å². The van der Waals surface area contributed by atoms with Crippen molar-refractivity contribution in [2.45, 2.75) is 52.0 Å². The van der Waals surface area contributed by atoms with Crippen molar-refractivity contribution in [1.82, 2.24) is 9.78 Å². The third kappa shape index (κ3) is 2.52. The lowest BCUT2D eigenvalue weighted by atomic mass is 9.84. The monoisotopic (exact) mass is 220 g/mol. The van der Waals surface area contributed by atoms with Crippen LogP contribution in [0.5, 0.6) is 0 Å². The maximum absolute atomic E-state index is 12.2. The van der Waals surface area contributed by atoms with E-state index in [1.165, 1.54) is 19.3 Å². The molecule has 0 bridgehead atoms. The number of carbonyl (C=O) groups excluding carboxylic acids is 1. The van der Waals surface area contributed by atoms with E-state index < -0.39 is 0 Å². The lowest BCUT2D eigenvalue weighted by Crippen LogP contribution is -2.17. The Kier molecular flexibility index (Phi) is 3.75. The Morgan fingerprint density at radius 2 is 2.19 bits per heavy atom. The lowest BCUT2D eigenvalue weighted by molar-refractivity contribution is 0.0889. The number of nitrogens with zero attached hydrogens (tertiary/aromatic N) is 2. The van der Waals surface area contributed by atoms with Crippen LogP contribution < -0.4 is 0 Å². The molecule has 0 radical (unpaired) electrons. The van der Waals surface area contributed by atoms with Gasteiger partial charge in [0.2, 0.25) is 0 Å². The summed E-state index contributed by atoms with van der Waals surface area (Å²) in [6.45, 7) is 3.02. The standard InChI is InChI=1S/C13H20N2O/c1-2-8-15-10-12(9-14-15)13(16)11-6-4-3-5-7-11/h9-11H,2-8H2,1H3. The van der Waals surface area contributed by atoms with Crippen LogP contribution >= 0.6 is 0 Å². The second-order valence-electron chi connectivity index (χ2n) is 4.69. The maximum Gasteiger partial charge on any atom is 0.169 e. The fourth-order valence-corrected chi connectivity index (χ4v) is 2.44.